The second-order valence-corrected chi connectivity index (χ2v) is 7.14. The van der Waals surface area contributed by atoms with Crippen LogP contribution in [0, 0.1) is 11.3 Å². The molecule has 28 heavy (non-hydrogen) atoms. The number of nitrogens with one attached hydrogen (secondary N) is 1. The molecular weight excluding hydrogens is 352 g/mol. The Kier molecular flexibility index (Phi) is 6.20. The molecule has 2 aromatic carbocycles. The van der Waals surface area contributed by atoms with Crippen molar-refractivity contribution >= 4 is 11.7 Å². The summed E-state index contributed by atoms with van der Waals surface area (Å²) in [5, 5.41) is 13.4. The number of nitriles is 1. The Morgan fingerprint density at radius 3 is 2.54 bits per heavy atom. The Balaban J connectivity index is 1.63. The van der Waals surface area contributed by atoms with E-state index in [1.54, 1.807) is 26.2 Å². The van der Waals surface area contributed by atoms with Gasteiger partial charge in [0.2, 0.25) is 0 Å². The zero-order valence-corrected chi connectivity index (χ0v) is 16.4. The maximum absolute atomic E-state index is 11.7. The number of hydrogen-bond donors (Lipinski definition) is 1. The van der Waals surface area contributed by atoms with Crippen LogP contribution in [0.15, 0.2) is 48.5 Å². The second kappa shape index (κ2) is 8.79. The lowest BCUT2D eigenvalue weighted by Crippen LogP contribution is -2.35. The lowest BCUT2D eigenvalue weighted by Gasteiger charge is -2.36. The molecule has 0 radical (unpaired) electrons. The van der Waals surface area contributed by atoms with Gasteiger partial charge in [-0.3, -0.25) is 0 Å². The fourth-order valence-electron chi connectivity index (χ4n) is 3.79. The maximum Gasteiger partial charge on any atom is 0.338 e. The number of hydrogen-bond acceptors (Lipinski definition) is 5. The Labute approximate surface area is 166 Å². The fourth-order valence-corrected chi connectivity index (χ4v) is 3.79. The molecule has 0 atom stereocenters. The smallest absolute Gasteiger partial charge is 0.338 e. The SMILES string of the molecule is CCOC(=O)c1ccc(N[C@H]2CC[C@](C#N)(c3cccc(OC)c3)CC2)cc1. The molecule has 146 valence electrons. The molecule has 0 spiro atoms. The topological polar surface area (TPSA) is 71.3 Å². The van der Waals surface area contributed by atoms with Crippen LogP contribution in [0.3, 0.4) is 0 Å². The van der Waals surface area contributed by atoms with Gasteiger partial charge >= 0.3 is 5.97 Å². The fraction of sp³-hybridized carbons (Fsp3) is 0.391. The highest BCUT2D eigenvalue weighted by atomic mass is 16.5. The van der Waals surface area contributed by atoms with E-state index in [0.717, 1.165) is 42.7 Å². The van der Waals surface area contributed by atoms with Crippen LogP contribution in [0.5, 0.6) is 5.75 Å². The van der Waals surface area contributed by atoms with E-state index < -0.39 is 5.41 Å². The summed E-state index contributed by atoms with van der Waals surface area (Å²) in [5.41, 5.74) is 2.11. The van der Waals surface area contributed by atoms with Crippen LogP contribution in [0.25, 0.3) is 0 Å². The summed E-state index contributed by atoms with van der Waals surface area (Å²) in [6.45, 7) is 2.17. The van der Waals surface area contributed by atoms with Gasteiger partial charge in [-0.05, 0) is 74.6 Å². The lowest BCUT2D eigenvalue weighted by atomic mass is 9.69. The average Bonchev–Trinajstić information content (AvgIpc) is 2.75. The molecule has 0 aromatic heterocycles. The molecule has 0 saturated heterocycles. The molecule has 1 fully saturated rings. The average molecular weight is 378 g/mol. The number of esters is 1. The van der Waals surface area contributed by atoms with E-state index >= 15 is 0 Å². The Morgan fingerprint density at radius 2 is 1.93 bits per heavy atom. The van der Waals surface area contributed by atoms with E-state index in [0.29, 0.717) is 18.2 Å². The van der Waals surface area contributed by atoms with Crippen molar-refractivity contribution in [3.8, 4) is 11.8 Å². The quantitative estimate of drug-likeness (QED) is 0.739. The molecule has 3 rings (SSSR count). The van der Waals surface area contributed by atoms with Gasteiger partial charge in [0.25, 0.3) is 0 Å². The molecule has 2 aromatic rings. The van der Waals surface area contributed by atoms with Gasteiger partial charge in [-0.25, -0.2) is 4.79 Å². The van der Waals surface area contributed by atoms with Crippen molar-refractivity contribution in [2.75, 3.05) is 19.0 Å². The number of nitrogens with zero attached hydrogens (tertiary/aromatic N) is 1. The van der Waals surface area contributed by atoms with Gasteiger partial charge in [0.15, 0.2) is 0 Å². The van der Waals surface area contributed by atoms with Gasteiger partial charge in [-0.2, -0.15) is 5.26 Å². The van der Waals surface area contributed by atoms with Crippen LogP contribution in [-0.4, -0.2) is 25.7 Å². The first-order chi connectivity index (χ1) is 13.6. The first kappa shape index (κ1) is 19.8. The van der Waals surface area contributed by atoms with E-state index in [4.69, 9.17) is 9.47 Å². The third kappa shape index (κ3) is 4.28. The number of carbonyl (C=O) groups excluding carboxylic acids is 1. The lowest BCUT2D eigenvalue weighted by molar-refractivity contribution is 0.0526. The van der Waals surface area contributed by atoms with Crippen LogP contribution in [0.4, 0.5) is 5.69 Å². The standard InChI is InChI=1S/C23H26N2O3/c1-3-28-22(26)17-7-9-19(10-8-17)25-20-11-13-23(16-24,14-12-20)18-5-4-6-21(15-18)27-2/h4-10,15,20,25H,3,11-14H2,1-2H3/t20-,23-. The summed E-state index contributed by atoms with van der Waals surface area (Å²) in [4.78, 5) is 11.7. The first-order valence-electron chi connectivity index (χ1n) is 9.70. The molecule has 0 amide bonds. The molecule has 1 N–H and O–H groups in total. The van der Waals surface area contributed by atoms with Gasteiger partial charge in [0.1, 0.15) is 5.75 Å². The number of rotatable bonds is 6. The summed E-state index contributed by atoms with van der Waals surface area (Å²) in [6.07, 6.45) is 3.42. The number of ether oxygens (including phenoxy) is 2. The van der Waals surface area contributed by atoms with Crippen LogP contribution >= 0.6 is 0 Å². The van der Waals surface area contributed by atoms with Crippen LogP contribution in [-0.2, 0) is 10.2 Å². The van der Waals surface area contributed by atoms with E-state index in [1.165, 1.54) is 0 Å². The summed E-state index contributed by atoms with van der Waals surface area (Å²) in [7, 11) is 1.65. The van der Waals surface area contributed by atoms with Crippen LogP contribution < -0.4 is 10.1 Å². The normalized spacial score (nSPS) is 21.4. The van der Waals surface area contributed by atoms with Gasteiger partial charge < -0.3 is 14.8 Å². The third-order valence-electron chi connectivity index (χ3n) is 5.44. The number of benzene rings is 2. The van der Waals surface area contributed by atoms with Crippen LogP contribution in [0.2, 0.25) is 0 Å². The highest BCUT2D eigenvalue weighted by molar-refractivity contribution is 5.89. The number of carbonyl (C=O) groups is 1. The van der Waals surface area contributed by atoms with Crippen molar-refractivity contribution in [2.24, 2.45) is 0 Å². The summed E-state index contributed by atoms with van der Waals surface area (Å²) < 4.78 is 10.3. The van der Waals surface area contributed by atoms with Crippen molar-refractivity contribution in [3.63, 3.8) is 0 Å². The van der Waals surface area contributed by atoms with Gasteiger partial charge in [0.05, 0.1) is 30.8 Å². The summed E-state index contributed by atoms with van der Waals surface area (Å²) >= 11 is 0. The largest absolute Gasteiger partial charge is 0.497 e. The molecule has 0 heterocycles. The Bertz CT molecular complexity index is 847. The molecule has 1 aliphatic carbocycles. The highest BCUT2D eigenvalue weighted by Gasteiger charge is 2.37. The van der Waals surface area contributed by atoms with Crippen molar-refractivity contribution in [1.29, 1.82) is 5.26 Å². The number of anilines is 1. The van der Waals surface area contributed by atoms with Crippen LogP contribution in [0.1, 0.15) is 48.5 Å². The zero-order valence-electron chi connectivity index (χ0n) is 16.4. The maximum atomic E-state index is 11.7. The molecule has 0 bridgehead atoms. The van der Waals surface area contributed by atoms with Gasteiger partial charge in [-0.15, -0.1) is 0 Å². The molecule has 0 aliphatic heterocycles. The molecule has 5 heteroatoms. The number of methoxy groups -OCH3 is 1. The molecular formula is C23H26N2O3. The van der Waals surface area contributed by atoms with Crippen molar-refractivity contribution in [1.82, 2.24) is 0 Å². The monoisotopic (exact) mass is 378 g/mol. The van der Waals surface area contributed by atoms with E-state index in [1.807, 2.05) is 36.4 Å². The predicted octanol–water partition coefficient (Wildman–Crippen LogP) is 4.69. The molecule has 1 saturated carbocycles. The Hall–Kier alpha value is -3.00. The summed E-state index contributed by atoms with van der Waals surface area (Å²) in [6, 6.07) is 18.1. The van der Waals surface area contributed by atoms with Crippen molar-refractivity contribution in [2.45, 2.75) is 44.1 Å². The molecule has 1 aliphatic rings. The minimum absolute atomic E-state index is 0.302. The van der Waals surface area contributed by atoms with Gasteiger partial charge in [0, 0.05) is 11.7 Å². The minimum Gasteiger partial charge on any atom is -0.497 e. The van der Waals surface area contributed by atoms with Crippen molar-refractivity contribution in [3.05, 3.63) is 59.7 Å². The zero-order chi connectivity index (χ0) is 20.0. The Morgan fingerprint density at radius 1 is 1.21 bits per heavy atom. The van der Waals surface area contributed by atoms with Crippen molar-refractivity contribution < 1.29 is 14.3 Å². The minimum atomic E-state index is -0.458. The highest BCUT2D eigenvalue weighted by Crippen LogP contribution is 2.40. The molecule has 0 unspecified atom stereocenters. The predicted molar refractivity (Wildman–Crippen MR) is 109 cm³/mol. The van der Waals surface area contributed by atoms with Gasteiger partial charge in [-0.1, -0.05) is 12.1 Å². The summed E-state index contributed by atoms with van der Waals surface area (Å²) in [5.74, 6) is 0.484. The first-order valence-corrected chi connectivity index (χ1v) is 9.70. The van der Waals surface area contributed by atoms with E-state index in [-0.39, 0.29) is 5.97 Å². The van der Waals surface area contributed by atoms with E-state index in [2.05, 4.69) is 11.4 Å². The molecule has 5 nitrogen and oxygen atoms in total. The second-order valence-electron chi connectivity index (χ2n) is 7.14. The third-order valence-corrected chi connectivity index (χ3v) is 5.44. The van der Waals surface area contributed by atoms with E-state index in [9.17, 15) is 10.1 Å².